The highest BCUT2D eigenvalue weighted by atomic mass is 127. The molecular weight excluding hydrogens is 493 g/mol. The molecule has 9 heteroatoms. The van der Waals surface area contributed by atoms with Crippen molar-refractivity contribution in [2.24, 2.45) is 4.99 Å². The molecule has 2 aromatic rings. The number of hydrogen-bond acceptors (Lipinski definition) is 6. The Labute approximate surface area is 196 Å². The molecule has 1 aliphatic rings. The minimum absolute atomic E-state index is 0. The number of benzene rings is 1. The molecule has 0 saturated carbocycles. The summed E-state index contributed by atoms with van der Waals surface area (Å²) in [5.41, 5.74) is 1.23. The van der Waals surface area contributed by atoms with Gasteiger partial charge in [0.25, 0.3) is 0 Å². The van der Waals surface area contributed by atoms with Crippen LogP contribution in [-0.4, -0.2) is 80.3 Å². The van der Waals surface area contributed by atoms with Gasteiger partial charge < -0.3 is 20.3 Å². The number of aliphatic imine (C=N–C) groups is 1. The molecule has 0 aliphatic carbocycles. The second kappa shape index (κ2) is 13.2. The van der Waals surface area contributed by atoms with Crippen LogP contribution in [0, 0.1) is 6.92 Å². The fraction of sp³-hybridized carbons (Fsp3) is 0.476. The molecule has 1 aromatic heterocycles. The number of halogens is 1. The third-order valence-corrected chi connectivity index (χ3v) is 4.84. The van der Waals surface area contributed by atoms with Crippen LogP contribution in [0.25, 0.3) is 0 Å². The molecule has 0 amide bonds. The highest BCUT2D eigenvalue weighted by molar-refractivity contribution is 14.0. The molecule has 0 unspecified atom stereocenters. The van der Waals surface area contributed by atoms with Crippen molar-refractivity contribution in [3.63, 3.8) is 0 Å². The fourth-order valence-corrected chi connectivity index (χ4v) is 3.15. The van der Waals surface area contributed by atoms with Crippen molar-refractivity contribution >= 4 is 35.9 Å². The Morgan fingerprint density at radius 3 is 2.37 bits per heavy atom. The average molecular weight is 525 g/mol. The average Bonchev–Trinajstić information content (AvgIpc) is 2.77. The number of aryl methyl sites for hydroxylation is 1. The Bertz CT molecular complexity index is 750. The molecule has 0 atom stereocenters. The maximum Gasteiger partial charge on any atom is 0.225 e. The normalized spacial score (nSPS) is 14.7. The van der Waals surface area contributed by atoms with Gasteiger partial charge in [-0.3, -0.25) is 9.89 Å². The molecular formula is C21H32IN7O. The van der Waals surface area contributed by atoms with Crippen molar-refractivity contribution in [2.75, 3.05) is 64.4 Å². The van der Waals surface area contributed by atoms with Gasteiger partial charge in [-0.25, -0.2) is 9.97 Å². The van der Waals surface area contributed by atoms with Crippen LogP contribution in [0.15, 0.2) is 47.7 Å². The van der Waals surface area contributed by atoms with Gasteiger partial charge in [0.1, 0.15) is 12.4 Å². The molecule has 0 spiro atoms. The number of rotatable bonds is 8. The number of aromatic nitrogens is 2. The van der Waals surface area contributed by atoms with Crippen molar-refractivity contribution in [3.05, 3.63) is 48.3 Å². The standard InChI is InChI=1S/C21H31N7O.HI/c1-18-4-6-19(7-5-18)29-17-11-24-20(22-2)23-10-12-27-13-15-28(16-14-27)21-25-8-3-9-26-21;/h3-9H,10-17H2,1-2H3,(H2,22,23,24);1H. The summed E-state index contributed by atoms with van der Waals surface area (Å²) in [6, 6.07) is 9.94. The molecule has 1 aromatic carbocycles. The van der Waals surface area contributed by atoms with Crippen LogP contribution in [0.5, 0.6) is 5.75 Å². The van der Waals surface area contributed by atoms with Crippen LogP contribution in [0.1, 0.15) is 5.56 Å². The Hall–Kier alpha value is -2.14. The van der Waals surface area contributed by atoms with Crippen molar-refractivity contribution in [1.82, 2.24) is 25.5 Å². The molecule has 3 rings (SSSR count). The zero-order valence-corrected chi connectivity index (χ0v) is 20.1. The maximum absolute atomic E-state index is 5.73. The minimum atomic E-state index is 0. The van der Waals surface area contributed by atoms with Gasteiger partial charge in [-0.15, -0.1) is 24.0 Å². The number of piperazine rings is 1. The van der Waals surface area contributed by atoms with Gasteiger partial charge in [-0.2, -0.15) is 0 Å². The van der Waals surface area contributed by atoms with Crippen molar-refractivity contribution < 1.29 is 4.74 Å². The van der Waals surface area contributed by atoms with E-state index in [1.165, 1.54) is 5.56 Å². The van der Waals surface area contributed by atoms with E-state index in [1.54, 1.807) is 19.4 Å². The first-order chi connectivity index (χ1) is 14.2. The van der Waals surface area contributed by atoms with Crippen LogP contribution < -0.4 is 20.3 Å². The van der Waals surface area contributed by atoms with Gasteiger partial charge in [-0.1, -0.05) is 17.7 Å². The fourth-order valence-electron chi connectivity index (χ4n) is 3.15. The third kappa shape index (κ3) is 7.94. The van der Waals surface area contributed by atoms with E-state index in [1.807, 2.05) is 18.2 Å². The van der Waals surface area contributed by atoms with E-state index in [0.717, 1.165) is 56.9 Å². The lowest BCUT2D eigenvalue weighted by Crippen LogP contribution is -2.49. The van der Waals surface area contributed by atoms with E-state index in [2.05, 4.69) is 54.5 Å². The van der Waals surface area contributed by atoms with Crippen molar-refractivity contribution in [1.29, 1.82) is 0 Å². The van der Waals surface area contributed by atoms with Gasteiger partial charge in [0, 0.05) is 58.7 Å². The zero-order valence-electron chi connectivity index (χ0n) is 17.8. The van der Waals surface area contributed by atoms with Crippen LogP contribution >= 0.6 is 24.0 Å². The van der Waals surface area contributed by atoms with E-state index in [9.17, 15) is 0 Å². The Morgan fingerprint density at radius 1 is 1.03 bits per heavy atom. The van der Waals surface area contributed by atoms with Gasteiger partial charge in [0.15, 0.2) is 5.96 Å². The lowest BCUT2D eigenvalue weighted by molar-refractivity contribution is 0.260. The Balaban J connectivity index is 0.00000320. The predicted molar refractivity (Wildman–Crippen MR) is 132 cm³/mol. The van der Waals surface area contributed by atoms with Gasteiger partial charge in [0.2, 0.25) is 5.95 Å². The summed E-state index contributed by atoms with van der Waals surface area (Å²) in [7, 11) is 1.79. The van der Waals surface area contributed by atoms with Gasteiger partial charge >= 0.3 is 0 Å². The summed E-state index contributed by atoms with van der Waals surface area (Å²) < 4.78 is 5.73. The Morgan fingerprint density at radius 2 is 1.70 bits per heavy atom. The number of nitrogens with zero attached hydrogens (tertiary/aromatic N) is 5. The molecule has 1 aliphatic heterocycles. The largest absolute Gasteiger partial charge is 0.492 e. The van der Waals surface area contributed by atoms with E-state index in [-0.39, 0.29) is 24.0 Å². The first kappa shape index (κ1) is 24.1. The summed E-state index contributed by atoms with van der Waals surface area (Å²) in [6.07, 6.45) is 3.59. The molecule has 0 radical (unpaired) electrons. The van der Waals surface area contributed by atoms with E-state index in [4.69, 9.17) is 4.74 Å². The highest BCUT2D eigenvalue weighted by Crippen LogP contribution is 2.11. The summed E-state index contributed by atoms with van der Waals surface area (Å²) in [5, 5.41) is 6.66. The van der Waals surface area contributed by atoms with E-state index < -0.39 is 0 Å². The monoisotopic (exact) mass is 525 g/mol. The zero-order chi connectivity index (χ0) is 20.3. The molecule has 2 heterocycles. The highest BCUT2D eigenvalue weighted by Gasteiger charge is 2.18. The van der Waals surface area contributed by atoms with E-state index in [0.29, 0.717) is 13.2 Å². The molecule has 164 valence electrons. The minimum Gasteiger partial charge on any atom is -0.492 e. The predicted octanol–water partition coefficient (Wildman–Crippen LogP) is 1.77. The summed E-state index contributed by atoms with van der Waals surface area (Å²) in [4.78, 5) is 17.6. The van der Waals surface area contributed by atoms with E-state index >= 15 is 0 Å². The number of hydrogen-bond donors (Lipinski definition) is 2. The van der Waals surface area contributed by atoms with Gasteiger partial charge in [0.05, 0.1) is 6.54 Å². The van der Waals surface area contributed by atoms with Crippen molar-refractivity contribution in [2.45, 2.75) is 6.92 Å². The summed E-state index contributed by atoms with van der Waals surface area (Å²) >= 11 is 0. The number of guanidine groups is 1. The second-order valence-electron chi connectivity index (χ2n) is 6.96. The number of anilines is 1. The second-order valence-corrected chi connectivity index (χ2v) is 6.96. The molecule has 2 N–H and O–H groups in total. The molecule has 1 saturated heterocycles. The SMILES string of the molecule is CN=C(NCCOc1ccc(C)cc1)NCCN1CCN(c2ncccn2)CC1.I. The smallest absolute Gasteiger partial charge is 0.225 e. The van der Waals surface area contributed by atoms with Crippen LogP contribution in [0.4, 0.5) is 5.95 Å². The topological polar surface area (TPSA) is 77.9 Å². The third-order valence-electron chi connectivity index (χ3n) is 4.84. The lowest BCUT2D eigenvalue weighted by Gasteiger charge is -2.34. The Kier molecular flexibility index (Phi) is 10.6. The molecule has 0 bridgehead atoms. The maximum atomic E-state index is 5.73. The number of ether oxygens (including phenoxy) is 1. The first-order valence-corrected chi connectivity index (χ1v) is 10.1. The van der Waals surface area contributed by atoms with Crippen LogP contribution in [0.3, 0.4) is 0 Å². The van der Waals surface area contributed by atoms with Gasteiger partial charge in [-0.05, 0) is 25.1 Å². The van der Waals surface area contributed by atoms with Crippen molar-refractivity contribution in [3.8, 4) is 5.75 Å². The molecule has 1 fully saturated rings. The molecule has 8 nitrogen and oxygen atoms in total. The van der Waals surface area contributed by atoms with Crippen LogP contribution in [0.2, 0.25) is 0 Å². The first-order valence-electron chi connectivity index (χ1n) is 10.1. The van der Waals surface area contributed by atoms with Crippen LogP contribution in [-0.2, 0) is 0 Å². The summed E-state index contributed by atoms with van der Waals surface area (Å²) in [6.45, 7) is 9.10. The quantitative estimate of drug-likeness (QED) is 0.236. The lowest BCUT2D eigenvalue weighted by atomic mass is 10.2. The number of nitrogens with one attached hydrogen (secondary N) is 2. The summed E-state index contributed by atoms with van der Waals surface area (Å²) in [5.74, 6) is 2.51. The molecule has 30 heavy (non-hydrogen) atoms.